The molecule has 1 nitrogen and oxygen atoms in total. The lowest BCUT2D eigenvalue weighted by Crippen LogP contribution is -2.38. The van der Waals surface area contributed by atoms with Crippen LogP contribution in [0.15, 0.2) is 41.5 Å². The second-order valence-corrected chi connectivity index (χ2v) is 8.47. The van der Waals surface area contributed by atoms with Gasteiger partial charge in [0.15, 0.2) is 0 Å². The lowest BCUT2D eigenvalue weighted by atomic mass is 9.90. The van der Waals surface area contributed by atoms with Gasteiger partial charge in [-0.25, -0.2) is 0 Å². The third-order valence-corrected chi connectivity index (χ3v) is 6.20. The van der Waals surface area contributed by atoms with E-state index in [1.54, 1.807) is 0 Å². The first-order valence-electron chi connectivity index (χ1n) is 7.91. The molecule has 2 aliphatic rings. The molecule has 3 heteroatoms. The monoisotopic (exact) mass is 334 g/mol. The van der Waals surface area contributed by atoms with Crippen LogP contribution in [0.2, 0.25) is 0 Å². The number of rotatable bonds is 3. The molecule has 0 N–H and O–H groups in total. The normalized spacial score (nSPS) is 30.8. The van der Waals surface area contributed by atoms with E-state index in [1.165, 1.54) is 16.7 Å². The molecule has 0 unspecified atom stereocenters. The molecule has 0 amide bonds. The van der Waals surface area contributed by atoms with Gasteiger partial charge < -0.3 is 4.74 Å². The van der Waals surface area contributed by atoms with Crippen molar-refractivity contribution in [3.05, 3.63) is 58.1 Å². The number of ether oxygens (including phenoxy) is 1. The highest BCUT2D eigenvalue weighted by Crippen LogP contribution is 2.42. The minimum atomic E-state index is 0.251. The summed E-state index contributed by atoms with van der Waals surface area (Å²) in [5.74, 6) is 0.393. The van der Waals surface area contributed by atoms with Gasteiger partial charge in [0.05, 0.1) is 12.7 Å². The van der Waals surface area contributed by atoms with Gasteiger partial charge in [0.25, 0.3) is 0 Å². The standard InChI is InChI=1S/C19H23ClOS/c1-12-4-5-15(13(2)8-12)11-21-18-9-14(3)22-19-7-6-16(20)10-17(18)19/h4-8,10,14,17-19H,9,11H2,1-3H3/t14-,17-,18-,19-/m1/s1. The third kappa shape index (κ3) is 3.61. The van der Waals surface area contributed by atoms with Crippen molar-refractivity contribution in [1.82, 2.24) is 0 Å². The molecule has 0 saturated carbocycles. The summed E-state index contributed by atoms with van der Waals surface area (Å²) in [6, 6.07) is 6.57. The SMILES string of the molecule is Cc1ccc(CO[C@@H]2C[C@@H](C)S[C@@H]3C=CC(Cl)=C[C@H]23)c(C)c1. The van der Waals surface area contributed by atoms with E-state index in [0.29, 0.717) is 23.0 Å². The molecule has 3 rings (SSSR count). The summed E-state index contributed by atoms with van der Waals surface area (Å²) in [4.78, 5) is 0. The minimum absolute atomic E-state index is 0.251. The number of fused-ring (bicyclic) bond motifs is 1. The second kappa shape index (κ2) is 6.82. The van der Waals surface area contributed by atoms with Gasteiger partial charge in [-0.2, -0.15) is 11.8 Å². The van der Waals surface area contributed by atoms with E-state index >= 15 is 0 Å². The summed E-state index contributed by atoms with van der Waals surface area (Å²) in [6.45, 7) is 7.27. The average molecular weight is 335 g/mol. The molecule has 4 atom stereocenters. The summed E-state index contributed by atoms with van der Waals surface area (Å²) < 4.78 is 6.33. The zero-order valence-corrected chi connectivity index (χ0v) is 15.0. The summed E-state index contributed by atoms with van der Waals surface area (Å²) in [7, 11) is 0. The number of halogens is 1. The maximum Gasteiger partial charge on any atom is 0.0723 e. The molecule has 0 bridgehead atoms. The third-order valence-electron chi connectivity index (χ3n) is 4.51. The van der Waals surface area contributed by atoms with Crippen LogP contribution in [0, 0.1) is 19.8 Å². The number of thioether (sulfide) groups is 1. The van der Waals surface area contributed by atoms with Crippen molar-refractivity contribution in [3.63, 3.8) is 0 Å². The molecule has 0 radical (unpaired) electrons. The molecule has 0 aromatic heterocycles. The van der Waals surface area contributed by atoms with Crippen LogP contribution in [0.5, 0.6) is 0 Å². The quantitative estimate of drug-likeness (QED) is 0.732. The Labute approximate surface area is 142 Å². The Morgan fingerprint density at radius 2 is 2.14 bits per heavy atom. The Kier molecular flexibility index (Phi) is 5.01. The molecular weight excluding hydrogens is 312 g/mol. The maximum atomic E-state index is 6.33. The largest absolute Gasteiger partial charge is 0.373 e. The van der Waals surface area contributed by atoms with Gasteiger partial charge >= 0.3 is 0 Å². The van der Waals surface area contributed by atoms with Crippen molar-refractivity contribution in [2.45, 2.75) is 50.4 Å². The van der Waals surface area contributed by atoms with Gasteiger partial charge in [-0.1, -0.05) is 54.4 Å². The molecule has 1 aliphatic heterocycles. The number of allylic oxidation sites excluding steroid dienone is 2. The zero-order valence-electron chi connectivity index (χ0n) is 13.4. The number of hydrogen-bond donors (Lipinski definition) is 0. The van der Waals surface area contributed by atoms with Crippen LogP contribution in [0.1, 0.15) is 30.0 Å². The fraction of sp³-hybridized carbons (Fsp3) is 0.474. The van der Waals surface area contributed by atoms with Crippen molar-refractivity contribution >= 4 is 23.4 Å². The average Bonchev–Trinajstić information content (AvgIpc) is 2.46. The summed E-state index contributed by atoms with van der Waals surface area (Å²) in [5, 5.41) is 1.96. The molecular formula is C19H23ClOS. The Morgan fingerprint density at radius 1 is 1.32 bits per heavy atom. The van der Waals surface area contributed by atoms with Gasteiger partial charge in [0, 0.05) is 21.5 Å². The topological polar surface area (TPSA) is 9.23 Å². The highest BCUT2D eigenvalue weighted by atomic mass is 35.5. The first-order chi connectivity index (χ1) is 10.5. The van der Waals surface area contributed by atoms with E-state index in [2.05, 4.69) is 51.1 Å². The lowest BCUT2D eigenvalue weighted by Gasteiger charge is -2.39. The van der Waals surface area contributed by atoms with Gasteiger partial charge in [-0.3, -0.25) is 0 Å². The van der Waals surface area contributed by atoms with Gasteiger partial charge in [-0.05, 0) is 37.5 Å². The van der Waals surface area contributed by atoms with E-state index < -0.39 is 0 Å². The molecule has 1 fully saturated rings. The molecule has 1 aromatic carbocycles. The fourth-order valence-electron chi connectivity index (χ4n) is 3.30. The van der Waals surface area contributed by atoms with Crippen molar-refractivity contribution in [3.8, 4) is 0 Å². The Balaban J connectivity index is 1.71. The minimum Gasteiger partial charge on any atom is -0.373 e. The number of benzene rings is 1. The molecule has 0 spiro atoms. The van der Waals surface area contributed by atoms with E-state index in [4.69, 9.17) is 16.3 Å². The van der Waals surface area contributed by atoms with Crippen LogP contribution in [0.3, 0.4) is 0 Å². The summed E-state index contributed by atoms with van der Waals surface area (Å²) >= 11 is 8.24. The van der Waals surface area contributed by atoms with Crippen molar-refractivity contribution in [2.24, 2.45) is 5.92 Å². The first-order valence-corrected chi connectivity index (χ1v) is 9.23. The van der Waals surface area contributed by atoms with Crippen LogP contribution in [-0.2, 0) is 11.3 Å². The van der Waals surface area contributed by atoms with Gasteiger partial charge in [0.2, 0.25) is 0 Å². The first kappa shape index (κ1) is 16.2. The second-order valence-electron chi connectivity index (χ2n) is 6.41. The summed E-state index contributed by atoms with van der Waals surface area (Å²) in [5.41, 5.74) is 3.90. The lowest BCUT2D eigenvalue weighted by molar-refractivity contribution is 0.00694. The molecule has 1 heterocycles. The fourth-order valence-corrected chi connectivity index (χ4v) is 4.96. The molecule has 1 aliphatic carbocycles. The number of aryl methyl sites for hydroxylation is 2. The maximum absolute atomic E-state index is 6.33. The molecule has 1 aromatic rings. The predicted octanol–water partition coefficient (Wildman–Crippen LogP) is 5.39. The van der Waals surface area contributed by atoms with Crippen LogP contribution < -0.4 is 0 Å². The van der Waals surface area contributed by atoms with Crippen LogP contribution in [0.4, 0.5) is 0 Å². The van der Waals surface area contributed by atoms with Crippen LogP contribution in [0.25, 0.3) is 0 Å². The van der Waals surface area contributed by atoms with E-state index in [1.807, 2.05) is 17.8 Å². The smallest absolute Gasteiger partial charge is 0.0723 e. The van der Waals surface area contributed by atoms with Crippen molar-refractivity contribution in [1.29, 1.82) is 0 Å². The highest BCUT2D eigenvalue weighted by Gasteiger charge is 2.36. The van der Waals surface area contributed by atoms with Crippen molar-refractivity contribution < 1.29 is 4.74 Å². The van der Waals surface area contributed by atoms with E-state index in [-0.39, 0.29) is 6.10 Å². The highest BCUT2D eigenvalue weighted by molar-refractivity contribution is 8.00. The van der Waals surface area contributed by atoms with Crippen LogP contribution >= 0.6 is 23.4 Å². The van der Waals surface area contributed by atoms with Gasteiger partial charge in [0.1, 0.15) is 0 Å². The van der Waals surface area contributed by atoms with E-state index in [9.17, 15) is 0 Å². The Morgan fingerprint density at radius 3 is 2.91 bits per heavy atom. The van der Waals surface area contributed by atoms with Crippen LogP contribution in [-0.4, -0.2) is 16.6 Å². The zero-order chi connectivity index (χ0) is 15.7. The predicted molar refractivity (Wildman–Crippen MR) is 96.5 cm³/mol. The Hall–Kier alpha value is -0.700. The molecule has 1 saturated heterocycles. The number of hydrogen-bond acceptors (Lipinski definition) is 2. The molecule has 118 valence electrons. The molecule has 22 heavy (non-hydrogen) atoms. The Bertz CT molecular complexity index is 607. The van der Waals surface area contributed by atoms with Crippen molar-refractivity contribution in [2.75, 3.05) is 0 Å². The van der Waals surface area contributed by atoms with Gasteiger partial charge in [-0.15, -0.1) is 0 Å². The summed E-state index contributed by atoms with van der Waals surface area (Å²) in [6.07, 6.45) is 7.78. The van der Waals surface area contributed by atoms with E-state index in [0.717, 1.165) is 11.5 Å².